The Morgan fingerprint density at radius 3 is 3.17 bits per heavy atom. The third kappa shape index (κ3) is 2.45. The molecule has 94 valence electrons. The maximum absolute atomic E-state index is 12.0. The molecular formula is C12H13N3OS2. The van der Waals surface area contributed by atoms with Crippen LogP contribution in [0.15, 0.2) is 23.7 Å². The molecule has 3 heterocycles. The fraction of sp³-hybridized carbons (Fsp3) is 0.333. The van der Waals surface area contributed by atoms with Crippen LogP contribution in [-0.4, -0.2) is 17.4 Å². The van der Waals surface area contributed by atoms with Crippen molar-refractivity contribution in [3.05, 3.63) is 33.5 Å². The van der Waals surface area contributed by atoms with Gasteiger partial charge in [0.25, 0.3) is 5.91 Å². The highest BCUT2D eigenvalue weighted by molar-refractivity contribution is 7.15. The lowest BCUT2D eigenvalue weighted by molar-refractivity contribution is 0.103. The zero-order valence-electron chi connectivity index (χ0n) is 9.68. The second-order valence-corrected chi connectivity index (χ2v) is 6.15. The molecule has 18 heavy (non-hydrogen) atoms. The van der Waals surface area contributed by atoms with Crippen LogP contribution in [0, 0.1) is 0 Å². The summed E-state index contributed by atoms with van der Waals surface area (Å²) in [6.07, 6.45) is 4.06. The van der Waals surface area contributed by atoms with Gasteiger partial charge in [-0.2, -0.15) is 0 Å². The monoisotopic (exact) mass is 279 g/mol. The Labute approximate surface area is 113 Å². The first-order chi connectivity index (χ1) is 8.83. The van der Waals surface area contributed by atoms with Crippen molar-refractivity contribution in [1.82, 2.24) is 10.3 Å². The van der Waals surface area contributed by atoms with Crippen molar-refractivity contribution in [1.29, 1.82) is 0 Å². The highest BCUT2D eigenvalue weighted by Crippen LogP contribution is 2.29. The van der Waals surface area contributed by atoms with E-state index in [0.717, 1.165) is 17.8 Å². The Morgan fingerprint density at radius 1 is 1.50 bits per heavy atom. The number of hydrogen-bond acceptors (Lipinski definition) is 5. The Kier molecular flexibility index (Phi) is 3.40. The molecule has 2 aromatic rings. The highest BCUT2D eigenvalue weighted by Gasteiger charge is 2.19. The average Bonchev–Trinajstić information content (AvgIpc) is 3.11. The lowest BCUT2D eigenvalue weighted by Crippen LogP contribution is -2.11. The molecule has 1 atom stereocenters. The highest BCUT2D eigenvalue weighted by atomic mass is 32.1. The molecule has 0 saturated carbocycles. The van der Waals surface area contributed by atoms with Gasteiger partial charge in [-0.1, -0.05) is 0 Å². The zero-order valence-corrected chi connectivity index (χ0v) is 11.3. The molecule has 1 fully saturated rings. The van der Waals surface area contributed by atoms with Crippen LogP contribution < -0.4 is 10.6 Å². The summed E-state index contributed by atoms with van der Waals surface area (Å²) >= 11 is 2.99. The number of nitrogens with zero attached hydrogens (tertiary/aromatic N) is 1. The summed E-state index contributed by atoms with van der Waals surface area (Å²) in [5.41, 5.74) is 0. The number of amides is 1. The first kappa shape index (κ1) is 11.8. The largest absolute Gasteiger partial charge is 0.309 e. The fourth-order valence-electron chi connectivity index (χ4n) is 2.03. The van der Waals surface area contributed by atoms with Crippen LogP contribution in [0.25, 0.3) is 0 Å². The number of aromatic nitrogens is 1. The Morgan fingerprint density at radius 2 is 2.44 bits per heavy atom. The Bertz CT molecular complexity index is 529. The summed E-state index contributed by atoms with van der Waals surface area (Å²) in [5.74, 6) is -0.0702. The molecule has 0 radical (unpaired) electrons. The second kappa shape index (κ2) is 5.17. The van der Waals surface area contributed by atoms with Gasteiger partial charge in [0.05, 0.1) is 4.88 Å². The van der Waals surface area contributed by atoms with E-state index in [9.17, 15) is 4.79 Å². The molecule has 1 saturated heterocycles. The van der Waals surface area contributed by atoms with Crippen LogP contribution in [0.3, 0.4) is 0 Å². The van der Waals surface area contributed by atoms with Crippen molar-refractivity contribution in [2.45, 2.75) is 18.9 Å². The molecule has 1 unspecified atom stereocenters. The molecule has 4 nitrogen and oxygen atoms in total. The minimum atomic E-state index is -0.0702. The van der Waals surface area contributed by atoms with Gasteiger partial charge in [0.15, 0.2) is 5.13 Å². The molecule has 0 aromatic carbocycles. The number of thiophene rings is 1. The van der Waals surface area contributed by atoms with E-state index in [0.29, 0.717) is 11.2 Å². The predicted octanol–water partition coefficient (Wildman–Crippen LogP) is 2.88. The first-order valence-corrected chi connectivity index (χ1v) is 7.56. The fourth-order valence-corrected chi connectivity index (χ4v) is 3.57. The number of carbonyl (C=O) groups excluding carboxylic acids is 1. The second-order valence-electron chi connectivity index (χ2n) is 4.14. The normalized spacial score (nSPS) is 19.0. The summed E-state index contributed by atoms with van der Waals surface area (Å²) in [4.78, 5) is 18.0. The number of rotatable bonds is 3. The predicted molar refractivity (Wildman–Crippen MR) is 74.4 cm³/mol. The number of nitrogens with one attached hydrogen (secondary N) is 2. The number of hydrogen-bond donors (Lipinski definition) is 2. The molecule has 2 N–H and O–H groups in total. The summed E-state index contributed by atoms with van der Waals surface area (Å²) < 4.78 is 0. The van der Waals surface area contributed by atoms with Gasteiger partial charge in [-0.25, -0.2) is 4.98 Å². The van der Waals surface area contributed by atoms with Crippen molar-refractivity contribution >= 4 is 33.7 Å². The summed E-state index contributed by atoms with van der Waals surface area (Å²) in [6.45, 7) is 1.07. The van der Waals surface area contributed by atoms with E-state index in [1.807, 2.05) is 17.5 Å². The summed E-state index contributed by atoms with van der Waals surface area (Å²) in [6, 6.07) is 4.37. The van der Waals surface area contributed by atoms with Crippen LogP contribution in [0.5, 0.6) is 0 Å². The van der Waals surface area contributed by atoms with E-state index in [2.05, 4.69) is 15.6 Å². The van der Waals surface area contributed by atoms with E-state index in [1.54, 1.807) is 17.5 Å². The van der Waals surface area contributed by atoms with Gasteiger partial charge < -0.3 is 5.32 Å². The standard InChI is InChI=1S/C12H13N3OS2/c16-11(15-12-14-6-7-17-12)10-4-3-9(18-10)8-2-1-5-13-8/h3-4,6-8,13H,1-2,5H2,(H,14,15,16). The van der Waals surface area contributed by atoms with Crippen molar-refractivity contribution in [2.75, 3.05) is 11.9 Å². The van der Waals surface area contributed by atoms with Gasteiger partial charge in [0.1, 0.15) is 0 Å². The summed E-state index contributed by atoms with van der Waals surface area (Å²) in [5, 5.41) is 8.73. The van der Waals surface area contributed by atoms with Crippen molar-refractivity contribution in [3.63, 3.8) is 0 Å². The molecular weight excluding hydrogens is 266 g/mol. The molecule has 2 aromatic heterocycles. The first-order valence-electron chi connectivity index (χ1n) is 5.87. The van der Waals surface area contributed by atoms with E-state index in [-0.39, 0.29) is 5.91 Å². The van der Waals surface area contributed by atoms with Crippen LogP contribution in [0.1, 0.15) is 33.4 Å². The minimum absolute atomic E-state index is 0.0702. The van der Waals surface area contributed by atoms with Gasteiger partial charge in [0.2, 0.25) is 0 Å². The maximum atomic E-state index is 12.0. The van der Waals surface area contributed by atoms with Crippen LogP contribution >= 0.6 is 22.7 Å². The molecule has 6 heteroatoms. The van der Waals surface area contributed by atoms with Gasteiger partial charge in [-0.05, 0) is 31.5 Å². The minimum Gasteiger partial charge on any atom is -0.309 e. The Balaban J connectivity index is 1.70. The lowest BCUT2D eigenvalue weighted by atomic mass is 10.2. The number of thiazole rings is 1. The van der Waals surface area contributed by atoms with Gasteiger partial charge in [0, 0.05) is 22.5 Å². The van der Waals surface area contributed by atoms with E-state index in [1.165, 1.54) is 22.6 Å². The van der Waals surface area contributed by atoms with Gasteiger partial charge in [-0.15, -0.1) is 22.7 Å². The lowest BCUT2D eigenvalue weighted by Gasteiger charge is -2.05. The van der Waals surface area contributed by atoms with E-state index in [4.69, 9.17) is 0 Å². The molecule has 3 rings (SSSR count). The summed E-state index contributed by atoms with van der Waals surface area (Å²) in [7, 11) is 0. The quantitative estimate of drug-likeness (QED) is 0.908. The maximum Gasteiger partial charge on any atom is 0.267 e. The molecule has 1 aliphatic heterocycles. The molecule has 0 aliphatic carbocycles. The number of anilines is 1. The third-order valence-corrected chi connectivity index (χ3v) is 4.79. The third-order valence-electron chi connectivity index (χ3n) is 2.91. The molecule has 1 aliphatic rings. The number of carbonyl (C=O) groups is 1. The van der Waals surface area contributed by atoms with Crippen LogP contribution in [-0.2, 0) is 0 Å². The van der Waals surface area contributed by atoms with Crippen molar-refractivity contribution in [3.8, 4) is 0 Å². The average molecular weight is 279 g/mol. The topological polar surface area (TPSA) is 54.0 Å². The molecule has 1 amide bonds. The Hall–Kier alpha value is -1.24. The van der Waals surface area contributed by atoms with E-state index >= 15 is 0 Å². The van der Waals surface area contributed by atoms with Crippen molar-refractivity contribution in [2.24, 2.45) is 0 Å². The SMILES string of the molecule is O=C(Nc1nccs1)c1ccc(C2CCCN2)s1. The van der Waals surface area contributed by atoms with Gasteiger partial charge >= 0.3 is 0 Å². The zero-order chi connectivity index (χ0) is 12.4. The van der Waals surface area contributed by atoms with E-state index < -0.39 is 0 Å². The smallest absolute Gasteiger partial charge is 0.267 e. The molecule has 0 bridgehead atoms. The van der Waals surface area contributed by atoms with Crippen molar-refractivity contribution < 1.29 is 4.79 Å². The van der Waals surface area contributed by atoms with Crippen LogP contribution in [0.2, 0.25) is 0 Å². The van der Waals surface area contributed by atoms with Crippen LogP contribution in [0.4, 0.5) is 5.13 Å². The molecule has 0 spiro atoms. The van der Waals surface area contributed by atoms with Gasteiger partial charge in [-0.3, -0.25) is 10.1 Å².